The van der Waals surface area contributed by atoms with Crippen LogP contribution in [0.1, 0.15) is 43.9 Å². The van der Waals surface area contributed by atoms with E-state index in [-0.39, 0.29) is 0 Å². The molecule has 1 saturated carbocycles. The summed E-state index contributed by atoms with van der Waals surface area (Å²) in [5.74, 6) is 0.756. The van der Waals surface area contributed by atoms with Crippen LogP contribution in [0.2, 0.25) is 0 Å². The zero-order valence-electron chi connectivity index (χ0n) is 9.91. The van der Waals surface area contributed by atoms with Crippen molar-refractivity contribution in [3.63, 3.8) is 0 Å². The maximum atomic E-state index is 5.89. The Kier molecular flexibility index (Phi) is 3.78. The number of aromatic nitrogens is 1. The fourth-order valence-electron chi connectivity index (χ4n) is 2.16. The third-order valence-electron chi connectivity index (χ3n) is 3.10. The summed E-state index contributed by atoms with van der Waals surface area (Å²) in [6, 6.07) is 4.03. The molecule has 2 rings (SSSR count). The van der Waals surface area contributed by atoms with E-state index in [4.69, 9.17) is 10.5 Å². The van der Waals surface area contributed by atoms with Gasteiger partial charge in [0.05, 0.1) is 0 Å². The van der Waals surface area contributed by atoms with Gasteiger partial charge < -0.3 is 10.5 Å². The summed E-state index contributed by atoms with van der Waals surface area (Å²) in [4.78, 5) is 4.49. The molecule has 88 valence electrons. The van der Waals surface area contributed by atoms with Gasteiger partial charge in [-0.3, -0.25) is 0 Å². The molecule has 1 aromatic heterocycles. The number of hydrogen-bond acceptors (Lipinski definition) is 3. The predicted molar refractivity (Wildman–Crippen MR) is 64.4 cm³/mol. The van der Waals surface area contributed by atoms with Crippen LogP contribution in [0.4, 0.5) is 0 Å². The first-order valence-electron chi connectivity index (χ1n) is 6.18. The lowest BCUT2D eigenvalue weighted by molar-refractivity contribution is 0.201. The zero-order valence-corrected chi connectivity index (χ0v) is 9.91. The number of rotatable bonds is 4. The van der Waals surface area contributed by atoms with Crippen LogP contribution in [0.15, 0.2) is 12.1 Å². The first kappa shape index (κ1) is 11.4. The zero-order chi connectivity index (χ0) is 11.4. The molecule has 0 unspecified atom stereocenters. The molecule has 1 aliphatic carbocycles. The minimum absolute atomic E-state index is 0.366. The lowest BCUT2D eigenvalue weighted by Crippen LogP contribution is -2.13. The lowest BCUT2D eigenvalue weighted by atomic mass is 10.2. The molecule has 0 radical (unpaired) electrons. The van der Waals surface area contributed by atoms with Crippen LogP contribution in [0, 0.1) is 0 Å². The van der Waals surface area contributed by atoms with Crippen LogP contribution in [0.25, 0.3) is 0 Å². The molecule has 2 N–H and O–H groups in total. The topological polar surface area (TPSA) is 48.1 Å². The molecule has 1 aromatic rings. The Hall–Kier alpha value is -1.09. The van der Waals surface area contributed by atoms with Gasteiger partial charge in [-0.2, -0.15) is 0 Å². The van der Waals surface area contributed by atoms with Crippen molar-refractivity contribution < 1.29 is 4.74 Å². The normalized spacial score (nSPS) is 16.6. The first-order valence-corrected chi connectivity index (χ1v) is 6.18. The summed E-state index contributed by atoms with van der Waals surface area (Å²) in [5, 5.41) is 0. The molecule has 1 heterocycles. The minimum atomic E-state index is 0.366. The standard InChI is InChI=1S/C13H20N2O/c1-2-11-7-10(9-14)8-13(15-11)16-12-5-3-4-6-12/h7-8,12H,2-6,9,14H2,1H3. The molecule has 1 fully saturated rings. The Balaban J connectivity index is 2.12. The second kappa shape index (κ2) is 5.30. The highest BCUT2D eigenvalue weighted by atomic mass is 16.5. The molecule has 0 spiro atoms. The molecule has 3 nitrogen and oxygen atoms in total. The van der Waals surface area contributed by atoms with E-state index < -0.39 is 0 Å². The van der Waals surface area contributed by atoms with E-state index in [1.54, 1.807) is 0 Å². The third-order valence-corrected chi connectivity index (χ3v) is 3.10. The van der Waals surface area contributed by atoms with Gasteiger partial charge in [-0.15, -0.1) is 0 Å². The number of aryl methyl sites for hydroxylation is 1. The summed E-state index contributed by atoms with van der Waals surface area (Å²) in [7, 11) is 0. The van der Waals surface area contributed by atoms with E-state index in [9.17, 15) is 0 Å². The van der Waals surface area contributed by atoms with E-state index in [1.165, 1.54) is 12.8 Å². The molecule has 3 heteroatoms. The van der Waals surface area contributed by atoms with E-state index in [2.05, 4.69) is 18.0 Å². The molecule has 0 amide bonds. The molecule has 1 aliphatic rings. The SMILES string of the molecule is CCc1cc(CN)cc(OC2CCCC2)n1. The van der Waals surface area contributed by atoms with Crippen LogP contribution in [-0.2, 0) is 13.0 Å². The molecule has 0 bridgehead atoms. The number of nitrogens with two attached hydrogens (primary N) is 1. The van der Waals surface area contributed by atoms with Gasteiger partial charge in [0.15, 0.2) is 0 Å². The van der Waals surface area contributed by atoms with Crippen molar-refractivity contribution in [3.8, 4) is 5.88 Å². The number of hydrogen-bond donors (Lipinski definition) is 1. The van der Waals surface area contributed by atoms with Crippen LogP contribution in [0.3, 0.4) is 0 Å². The van der Waals surface area contributed by atoms with Crippen LogP contribution in [-0.4, -0.2) is 11.1 Å². The van der Waals surface area contributed by atoms with Crippen LogP contribution < -0.4 is 10.5 Å². The summed E-state index contributed by atoms with van der Waals surface area (Å²) >= 11 is 0. The predicted octanol–water partition coefficient (Wildman–Crippen LogP) is 2.42. The van der Waals surface area contributed by atoms with E-state index >= 15 is 0 Å². The first-order chi connectivity index (χ1) is 7.81. The molecule has 0 atom stereocenters. The fraction of sp³-hybridized carbons (Fsp3) is 0.615. The average molecular weight is 220 g/mol. The van der Waals surface area contributed by atoms with E-state index in [0.717, 1.165) is 36.4 Å². The summed E-state index contributed by atoms with van der Waals surface area (Å²) in [6.07, 6.45) is 6.18. The quantitative estimate of drug-likeness (QED) is 0.847. The van der Waals surface area contributed by atoms with Gasteiger partial charge in [-0.25, -0.2) is 4.98 Å². The highest BCUT2D eigenvalue weighted by molar-refractivity contribution is 5.25. The summed E-state index contributed by atoms with van der Waals surface area (Å²) < 4.78 is 5.89. The maximum absolute atomic E-state index is 5.89. The van der Waals surface area contributed by atoms with Crippen LogP contribution in [0.5, 0.6) is 5.88 Å². The van der Waals surface area contributed by atoms with Gasteiger partial charge in [0, 0.05) is 18.3 Å². The Morgan fingerprint density at radius 3 is 2.75 bits per heavy atom. The van der Waals surface area contributed by atoms with Crippen molar-refractivity contribution in [3.05, 3.63) is 23.4 Å². The fourth-order valence-corrected chi connectivity index (χ4v) is 2.16. The highest BCUT2D eigenvalue weighted by Crippen LogP contribution is 2.23. The number of nitrogens with zero attached hydrogens (tertiary/aromatic N) is 1. The van der Waals surface area contributed by atoms with Gasteiger partial charge in [-0.1, -0.05) is 6.92 Å². The van der Waals surface area contributed by atoms with Crippen molar-refractivity contribution in [2.75, 3.05) is 0 Å². The number of pyridine rings is 1. The van der Waals surface area contributed by atoms with Gasteiger partial charge in [0.25, 0.3) is 0 Å². The second-order valence-corrected chi connectivity index (χ2v) is 4.39. The lowest BCUT2D eigenvalue weighted by Gasteiger charge is -2.13. The molecular formula is C13H20N2O. The summed E-state index contributed by atoms with van der Waals surface area (Å²) in [5.41, 5.74) is 7.84. The largest absolute Gasteiger partial charge is 0.474 e. The van der Waals surface area contributed by atoms with Crippen molar-refractivity contribution in [2.45, 2.75) is 51.7 Å². The van der Waals surface area contributed by atoms with Crippen molar-refractivity contribution >= 4 is 0 Å². The average Bonchev–Trinajstić information content (AvgIpc) is 2.81. The van der Waals surface area contributed by atoms with Gasteiger partial charge >= 0.3 is 0 Å². The Bertz CT molecular complexity index is 324. The monoisotopic (exact) mass is 220 g/mol. The Morgan fingerprint density at radius 2 is 2.12 bits per heavy atom. The van der Waals surface area contributed by atoms with Crippen molar-refractivity contribution in [1.82, 2.24) is 4.98 Å². The van der Waals surface area contributed by atoms with E-state index in [1.807, 2.05) is 6.07 Å². The highest BCUT2D eigenvalue weighted by Gasteiger charge is 2.17. The Labute approximate surface area is 97.0 Å². The number of ether oxygens (including phenoxy) is 1. The molecule has 0 saturated heterocycles. The molecule has 0 aromatic carbocycles. The molecule has 16 heavy (non-hydrogen) atoms. The third kappa shape index (κ3) is 2.73. The van der Waals surface area contributed by atoms with E-state index in [0.29, 0.717) is 12.6 Å². The molecule has 0 aliphatic heterocycles. The minimum Gasteiger partial charge on any atom is -0.474 e. The second-order valence-electron chi connectivity index (χ2n) is 4.39. The van der Waals surface area contributed by atoms with Gasteiger partial charge in [-0.05, 0) is 43.7 Å². The van der Waals surface area contributed by atoms with Gasteiger partial charge in [0.2, 0.25) is 5.88 Å². The van der Waals surface area contributed by atoms with Crippen molar-refractivity contribution in [1.29, 1.82) is 0 Å². The summed E-state index contributed by atoms with van der Waals surface area (Å²) in [6.45, 7) is 2.65. The van der Waals surface area contributed by atoms with Crippen molar-refractivity contribution in [2.24, 2.45) is 5.73 Å². The Morgan fingerprint density at radius 1 is 1.38 bits per heavy atom. The van der Waals surface area contributed by atoms with Gasteiger partial charge in [0.1, 0.15) is 6.10 Å². The smallest absolute Gasteiger partial charge is 0.214 e. The maximum Gasteiger partial charge on any atom is 0.214 e. The van der Waals surface area contributed by atoms with Crippen LogP contribution >= 0.6 is 0 Å². The molecular weight excluding hydrogens is 200 g/mol.